The molecule has 0 radical (unpaired) electrons. The quantitative estimate of drug-likeness (QED) is 0.566. The van der Waals surface area contributed by atoms with Gasteiger partial charge in [-0.1, -0.05) is 66.2 Å². The Kier molecular flexibility index (Phi) is 8.13. The summed E-state index contributed by atoms with van der Waals surface area (Å²) < 4.78 is 0. The summed E-state index contributed by atoms with van der Waals surface area (Å²) in [5.41, 5.74) is 6.20. The molecule has 0 aromatic rings. The summed E-state index contributed by atoms with van der Waals surface area (Å²) in [7, 11) is 0. The highest BCUT2D eigenvalue weighted by atomic mass is 14.6. The lowest BCUT2D eigenvalue weighted by Crippen LogP contribution is -2.32. The zero-order chi connectivity index (χ0) is 11.7. The highest BCUT2D eigenvalue weighted by Gasteiger charge is 2.26. The van der Waals surface area contributed by atoms with Crippen molar-refractivity contribution < 1.29 is 0 Å². The fourth-order valence-electron chi connectivity index (χ4n) is 2.26. The van der Waals surface area contributed by atoms with E-state index in [9.17, 15) is 0 Å². The van der Waals surface area contributed by atoms with Gasteiger partial charge in [0.2, 0.25) is 0 Å². The Bertz CT molecular complexity index is 140. The van der Waals surface area contributed by atoms with Crippen LogP contribution in [0.2, 0.25) is 0 Å². The molecule has 1 heteroatoms. The minimum Gasteiger partial charge on any atom is -0.330 e. The predicted octanol–water partition coefficient (Wildman–Crippen LogP) is 4.36. The summed E-state index contributed by atoms with van der Waals surface area (Å²) in [5, 5.41) is 0. The third-order valence-corrected chi connectivity index (χ3v) is 3.67. The van der Waals surface area contributed by atoms with E-state index in [1.54, 1.807) is 0 Å². The highest BCUT2D eigenvalue weighted by Crippen LogP contribution is 2.33. The lowest BCUT2D eigenvalue weighted by molar-refractivity contribution is 0.189. The van der Waals surface area contributed by atoms with E-state index in [2.05, 4.69) is 27.7 Å². The van der Waals surface area contributed by atoms with E-state index in [0.29, 0.717) is 5.41 Å². The number of hydrogen-bond acceptors (Lipinski definition) is 1. The van der Waals surface area contributed by atoms with E-state index >= 15 is 0 Å². The van der Waals surface area contributed by atoms with Gasteiger partial charge < -0.3 is 5.73 Å². The Morgan fingerprint density at radius 2 is 1.60 bits per heavy atom. The molecule has 0 aliphatic rings. The van der Waals surface area contributed by atoms with Crippen molar-refractivity contribution in [3.8, 4) is 0 Å². The number of unbranched alkanes of at least 4 members (excludes halogenated alkanes) is 3. The second kappa shape index (κ2) is 8.15. The lowest BCUT2D eigenvalue weighted by Gasteiger charge is -2.33. The second-order valence-corrected chi connectivity index (χ2v) is 5.53. The molecule has 1 atom stereocenters. The maximum absolute atomic E-state index is 5.87. The molecule has 0 spiro atoms. The van der Waals surface area contributed by atoms with Gasteiger partial charge in [-0.2, -0.15) is 0 Å². The SMILES string of the molecule is CCCCCCC(CCC)C(C)(C)CN. The van der Waals surface area contributed by atoms with Crippen molar-refractivity contribution in [2.24, 2.45) is 17.1 Å². The third-order valence-electron chi connectivity index (χ3n) is 3.67. The van der Waals surface area contributed by atoms with Crippen LogP contribution < -0.4 is 5.73 Å². The molecule has 0 saturated carbocycles. The van der Waals surface area contributed by atoms with Gasteiger partial charge in [-0.05, 0) is 24.3 Å². The number of nitrogens with two attached hydrogens (primary N) is 1. The fourth-order valence-corrected chi connectivity index (χ4v) is 2.26. The van der Waals surface area contributed by atoms with Gasteiger partial charge in [0.25, 0.3) is 0 Å². The molecule has 1 nitrogen and oxygen atoms in total. The summed E-state index contributed by atoms with van der Waals surface area (Å²) in [6, 6.07) is 0. The van der Waals surface area contributed by atoms with Gasteiger partial charge in [-0.3, -0.25) is 0 Å². The molecule has 0 bridgehead atoms. The molecule has 0 aliphatic heterocycles. The largest absolute Gasteiger partial charge is 0.330 e. The summed E-state index contributed by atoms with van der Waals surface area (Å²) in [6.07, 6.45) is 9.52. The zero-order valence-electron chi connectivity index (χ0n) is 11.3. The molecule has 15 heavy (non-hydrogen) atoms. The Morgan fingerprint density at radius 1 is 0.933 bits per heavy atom. The molecule has 0 aliphatic carbocycles. The predicted molar refractivity (Wildman–Crippen MR) is 70.0 cm³/mol. The average molecular weight is 213 g/mol. The fraction of sp³-hybridized carbons (Fsp3) is 1.00. The molecule has 0 aromatic heterocycles. The monoisotopic (exact) mass is 213 g/mol. The van der Waals surface area contributed by atoms with Crippen LogP contribution in [0.25, 0.3) is 0 Å². The van der Waals surface area contributed by atoms with Crippen molar-refractivity contribution >= 4 is 0 Å². The minimum atomic E-state index is 0.336. The Morgan fingerprint density at radius 3 is 2.07 bits per heavy atom. The maximum atomic E-state index is 5.87. The molecule has 0 rings (SSSR count). The second-order valence-electron chi connectivity index (χ2n) is 5.53. The first-order chi connectivity index (χ1) is 7.08. The normalized spacial score (nSPS) is 14.2. The van der Waals surface area contributed by atoms with Crippen LogP contribution in [0, 0.1) is 11.3 Å². The van der Waals surface area contributed by atoms with Crippen LogP contribution >= 0.6 is 0 Å². The van der Waals surface area contributed by atoms with E-state index in [1.807, 2.05) is 0 Å². The van der Waals surface area contributed by atoms with Gasteiger partial charge in [0, 0.05) is 0 Å². The lowest BCUT2D eigenvalue weighted by atomic mass is 9.74. The van der Waals surface area contributed by atoms with Crippen LogP contribution in [-0.4, -0.2) is 6.54 Å². The van der Waals surface area contributed by atoms with E-state index in [1.165, 1.54) is 44.9 Å². The van der Waals surface area contributed by atoms with Crippen LogP contribution in [-0.2, 0) is 0 Å². The third kappa shape index (κ3) is 6.19. The molecule has 0 amide bonds. The smallest absolute Gasteiger partial charge is 0.00232 e. The van der Waals surface area contributed by atoms with Crippen molar-refractivity contribution in [1.29, 1.82) is 0 Å². The molecule has 0 heterocycles. The van der Waals surface area contributed by atoms with Gasteiger partial charge in [-0.15, -0.1) is 0 Å². The Balaban J connectivity index is 3.93. The van der Waals surface area contributed by atoms with Crippen LogP contribution in [0.15, 0.2) is 0 Å². The van der Waals surface area contributed by atoms with Gasteiger partial charge in [0.1, 0.15) is 0 Å². The highest BCUT2D eigenvalue weighted by molar-refractivity contribution is 4.78. The van der Waals surface area contributed by atoms with Gasteiger partial charge in [0.05, 0.1) is 0 Å². The maximum Gasteiger partial charge on any atom is -0.00232 e. The first-order valence-electron chi connectivity index (χ1n) is 6.78. The van der Waals surface area contributed by atoms with E-state index in [0.717, 1.165) is 12.5 Å². The van der Waals surface area contributed by atoms with Crippen LogP contribution in [0.3, 0.4) is 0 Å². The molecule has 92 valence electrons. The summed E-state index contributed by atoms with van der Waals surface area (Å²) in [4.78, 5) is 0. The van der Waals surface area contributed by atoms with E-state index < -0.39 is 0 Å². The van der Waals surface area contributed by atoms with Crippen LogP contribution in [0.4, 0.5) is 0 Å². The van der Waals surface area contributed by atoms with Crippen LogP contribution in [0.5, 0.6) is 0 Å². The number of rotatable bonds is 9. The van der Waals surface area contributed by atoms with Crippen molar-refractivity contribution in [2.45, 2.75) is 72.6 Å². The van der Waals surface area contributed by atoms with E-state index in [-0.39, 0.29) is 0 Å². The summed E-state index contributed by atoms with van der Waals surface area (Å²) >= 11 is 0. The summed E-state index contributed by atoms with van der Waals surface area (Å²) in [5.74, 6) is 0.823. The molecule has 0 aromatic carbocycles. The van der Waals surface area contributed by atoms with Crippen molar-refractivity contribution in [3.63, 3.8) is 0 Å². The minimum absolute atomic E-state index is 0.336. The van der Waals surface area contributed by atoms with Crippen LogP contribution in [0.1, 0.15) is 72.6 Å². The Hall–Kier alpha value is -0.0400. The molecule has 2 N–H and O–H groups in total. The molecule has 0 saturated heterocycles. The molecular weight excluding hydrogens is 182 g/mol. The molecule has 0 fully saturated rings. The van der Waals surface area contributed by atoms with Crippen molar-refractivity contribution in [1.82, 2.24) is 0 Å². The summed E-state index contributed by atoms with van der Waals surface area (Å²) in [6.45, 7) is 10.0. The van der Waals surface area contributed by atoms with Gasteiger partial charge in [-0.25, -0.2) is 0 Å². The topological polar surface area (TPSA) is 26.0 Å². The first-order valence-corrected chi connectivity index (χ1v) is 6.78. The molecule has 1 unspecified atom stereocenters. The van der Waals surface area contributed by atoms with E-state index in [4.69, 9.17) is 5.73 Å². The van der Waals surface area contributed by atoms with Gasteiger partial charge >= 0.3 is 0 Å². The van der Waals surface area contributed by atoms with Crippen molar-refractivity contribution in [2.75, 3.05) is 6.54 Å². The average Bonchev–Trinajstić information content (AvgIpc) is 2.22. The first kappa shape index (κ1) is 15.0. The standard InChI is InChI=1S/C14H31N/c1-5-7-8-9-11-13(10-6-2)14(3,4)12-15/h13H,5-12,15H2,1-4H3. The Labute approximate surface area is 96.8 Å². The van der Waals surface area contributed by atoms with Gasteiger partial charge in [0.15, 0.2) is 0 Å². The van der Waals surface area contributed by atoms with Crippen molar-refractivity contribution in [3.05, 3.63) is 0 Å². The zero-order valence-corrected chi connectivity index (χ0v) is 11.3. The molecular formula is C14H31N. The number of hydrogen-bond donors (Lipinski definition) is 1.